The maximum absolute atomic E-state index is 10.7. The van der Waals surface area contributed by atoms with E-state index in [9.17, 15) is 4.79 Å². The van der Waals surface area contributed by atoms with Gasteiger partial charge in [-0.1, -0.05) is 0 Å². The zero-order chi connectivity index (χ0) is 8.55. The molecule has 1 N–H and O–H groups in total. The van der Waals surface area contributed by atoms with Gasteiger partial charge in [-0.2, -0.15) is 0 Å². The molecule has 0 spiro atoms. The lowest BCUT2D eigenvalue weighted by Gasteiger charge is -2.03. The molecule has 1 aliphatic rings. The highest BCUT2D eigenvalue weighted by atomic mass is 16.4. The summed E-state index contributed by atoms with van der Waals surface area (Å²) in [5.41, 5.74) is 0.405. The van der Waals surface area contributed by atoms with E-state index in [1.165, 1.54) is 12.8 Å². The molecule has 1 aliphatic carbocycles. The molecule has 0 unspecified atom stereocenters. The summed E-state index contributed by atoms with van der Waals surface area (Å²) in [4.78, 5) is 10.7. The predicted molar refractivity (Wildman–Crippen MR) is 44.1 cm³/mol. The molecule has 1 heterocycles. The fraction of sp³-hybridized carbons (Fsp3) is 0.444. The highest BCUT2D eigenvalue weighted by Crippen LogP contribution is 2.30. The van der Waals surface area contributed by atoms with Crippen LogP contribution in [0.2, 0.25) is 0 Å². The van der Waals surface area contributed by atoms with Crippen molar-refractivity contribution in [1.29, 1.82) is 0 Å². The van der Waals surface area contributed by atoms with E-state index in [1.807, 2.05) is 10.8 Å². The molecule has 1 fully saturated rings. The van der Waals surface area contributed by atoms with Gasteiger partial charge in [0.05, 0.1) is 0 Å². The third kappa shape index (κ3) is 1.35. The average molecular weight is 165 g/mol. The lowest BCUT2D eigenvalue weighted by Crippen LogP contribution is -2.08. The summed E-state index contributed by atoms with van der Waals surface area (Å²) in [5, 5.41) is 8.77. The predicted octanol–water partition coefficient (Wildman–Crippen LogP) is 1.60. The molecule has 0 saturated heterocycles. The zero-order valence-corrected chi connectivity index (χ0v) is 6.73. The van der Waals surface area contributed by atoms with Gasteiger partial charge < -0.3 is 9.67 Å². The van der Waals surface area contributed by atoms with Crippen LogP contribution in [0.1, 0.15) is 23.3 Å². The van der Waals surface area contributed by atoms with Gasteiger partial charge >= 0.3 is 5.97 Å². The first-order chi connectivity index (χ1) is 5.77. The second-order valence-corrected chi connectivity index (χ2v) is 3.29. The summed E-state index contributed by atoms with van der Waals surface area (Å²) < 4.78 is 1.82. The molecule has 3 nitrogen and oxygen atoms in total. The van der Waals surface area contributed by atoms with Crippen LogP contribution in [0.15, 0.2) is 18.3 Å². The first kappa shape index (κ1) is 7.40. The quantitative estimate of drug-likeness (QED) is 0.739. The number of carboxylic acids is 1. The van der Waals surface area contributed by atoms with Crippen LogP contribution in [0.5, 0.6) is 0 Å². The number of aromatic nitrogens is 1. The van der Waals surface area contributed by atoms with Crippen molar-refractivity contribution in [2.75, 3.05) is 0 Å². The van der Waals surface area contributed by atoms with E-state index in [0.29, 0.717) is 5.69 Å². The van der Waals surface area contributed by atoms with Gasteiger partial charge in [0, 0.05) is 12.7 Å². The molecule has 12 heavy (non-hydrogen) atoms. The maximum atomic E-state index is 10.7. The first-order valence-electron chi connectivity index (χ1n) is 4.16. The van der Waals surface area contributed by atoms with Crippen molar-refractivity contribution in [3.05, 3.63) is 24.0 Å². The van der Waals surface area contributed by atoms with Gasteiger partial charge in [0.15, 0.2) is 0 Å². The Balaban J connectivity index is 2.17. The minimum absolute atomic E-state index is 0.405. The number of carbonyl (C=O) groups is 1. The van der Waals surface area contributed by atoms with Crippen molar-refractivity contribution in [2.24, 2.45) is 5.92 Å². The van der Waals surface area contributed by atoms with Crippen LogP contribution in [0, 0.1) is 5.92 Å². The minimum atomic E-state index is -0.833. The number of carboxylic acid groups (broad SMARTS) is 1. The molecule has 1 saturated carbocycles. The molecule has 0 aromatic carbocycles. The summed E-state index contributed by atoms with van der Waals surface area (Å²) in [6, 6.07) is 3.43. The molecule has 0 amide bonds. The molecular formula is C9H11NO2. The van der Waals surface area contributed by atoms with Gasteiger partial charge in [-0.15, -0.1) is 0 Å². The van der Waals surface area contributed by atoms with Crippen molar-refractivity contribution >= 4 is 5.97 Å². The number of nitrogens with zero attached hydrogens (tertiary/aromatic N) is 1. The molecule has 0 aliphatic heterocycles. The van der Waals surface area contributed by atoms with Gasteiger partial charge in [0.1, 0.15) is 5.69 Å². The van der Waals surface area contributed by atoms with Crippen LogP contribution < -0.4 is 0 Å². The monoisotopic (exact) mass is 165 g/mol. The Morgan fingerprint density at radius 2 is 2.42 bits per heavy atom. The van der Waals surface area contributed by atoms with Crippen LogP contribution >= 0.6 is 0 Å². The smallest absolute Gasteiger partial charge is 0.352 e. The van der Waals surface area contributed by atoms with Crippen molar-refractivity contribution < 1.29 is 9.90 Å². The molecule has 64 valence electrons. The fourth-order valence-electron chi connectivity index (χ4n) is 1.35. The first-order valence-corrected chi connectivity index (χ1v) is 4.16. The number of aromatic carboxylic acids is 1. The van der Waals surface area contributed by atoms with E-state index >= 15 is 0 Å². The van der Waals surface area contributed by atoms with Crippen molar-refractivity contribution in [3.8, 4) is 0 Å². The van der Waals surface area contributed by atoms with Gasteiger partial charge in [-0.25, -0.2) is 4.79 Å². The molecule has 1 aromatic heterocycles. The maximum Gasteiger partial charge on any atom is 0.352 e. The Morgan fingerprint density at radius 3 is 3.00 bits per heavy atom. The largest absolute Gasteiger partial charge is 0.477 e. The lowest BCUT2D eigenvalue weighted by molar-refractivity contribution is 0.0684. The van der Waals surface area contributed by atoms with Crippen LogP contribution in [-0.2, 0) is 6.54 Å². The SMILES string of the molecule is O=C(O)c1cccn1CC1CC1. The van der Waals surface area contributed by atoms with E-state index in [4.69, 9.17) is 5.11 Å². The van der Waals surface area contributed by atoms with Crippen LogP contribution in [0.25, 0.3) is 0 Å². The minimum Gasteiger partial charge on any atom is -0.477 e. The molecule has 2 rings (SSSR count). The Bertz CT molecular complexity index is 299. The van der Waals surface area contributed by atoms with Gasteiger partial charge in [-0.05, 0) is 30.9 Å². The summed E-state index contributed by atoms with van der Waals surface area (Å²) in [6.07, 6.45) is 4.33. The Hall–Kier alpha value is -1.25. The summed E-state index contributed by atoms with van der Waals surface area (Å²) >= 11 is 0. The highest BCUT2D eigenvalue weighted by Gasteiger charge is 2.23. The lowest BCUT2D eigenvalue weighted by atomic mass is 10.4. The molecule has 0 radical (unpaired) electrons. The van der Waals surface area contributed by atoms with Crippen molar-refractivity contribution in [3.63, 3.8) is 0 Å². The highest BCUT2D eigenvalue weighted by molar-refractivity contribution is 5.85. The van der Waals surface area contributed by atoms with Crippen molar-refractivity contribution in [2.45, 2.75) is 19.4 Å². The third-order valence-corrected chi connectivity index (χ3v) is 2.20. The second kappa shape index (κ2) is 2.66. The molecule has 0 atom stereocenters. The Morgan fingerprint density at radius 1 is 1.67 bits per heavy atom. The third-order valence-electron chi connectivity index (χ3n) is 2.20. The Labute approximate surface area is 70.6 Å². The van der Waals surface area contributed by atoms with Crippen LogP contribution in [0.3, 0.4) is 0 Å². The van der Waals surface area contributed by atoms with E-state index in [1.54, 1.807) is 12.1 Å². The van der Waals surface area contributed by atoms with E-state index in [0.717, 1.165) is 12.5 Å². The number of hydrogen-bond donors (Lipinski definition) is 1. The molecule has 0 bridgehead atoms. The summed E-state index contributed by atoms with van der Waals surface area (Å²) in [7, 11) is 0. The van der Waals surface area contributed by atoms with Gasteiger partial charge in [0.25, 0.3) is 0 Å². The van der Waals surface area contributed by atoms with E-state index in [2.05, 4.69) is 0 Å². The summed E-state index contributed by atoms with van der Waals surface area (Å²) in [6.45, 7) is 0.870. The Kier molecular flexibility index (Phi) is 1.64. The summed E-state index contributed by atoms with van der Waals surface area (Å²) in [5.74, 6) is -0.115. The average Bonchev–Trinajstić information content (AvgIpc) is 2.66. The number of rotatable bonds is 3. The standard InChI is InChI=1S/C9H11NO2/c11-9(12)8-2-1-5-10(8)6-7-3-4-7/h1-2,5,7H,3-4,6H2,(H,11,12). The zero-order valence-electron chi connectivity index (χ0n) is 6.73. The van der Waals surface area contributed by atoms with Crippen LogP contribution in [0.4, 0.5) is 0 Å². The van der Waals surface area contributed by atoms with Gasteiger partial charge in [-0.3, -0.25) is 0 Å². The number of hydrogen-bond acceptors (Lipinski definition) is 1. The van der Waals surface area contributed by atoms with Crippen molar-refractivity contribution in [1.82, 2.24) is 4.57 Å². The molecular weight excluding hydrogens is 154 g/mol. The molecule has 1 aromatic rings. The van der Waals surface area contributed by atoms with Crippen LogP contribution in [-0.4, -0.2) is 15.6 Å². The fourth-order valence-corrected chi connectivity index (χ4v) is 1.35. The van der Waals surface area contributed by atoms with Gasteiger partial charge in [0.2, 0.25) is 0 Å². The van der Waals surface area contributed by atoms with E-state index < -0.39 is 5.97 Å². The molecule has 3 heteroatoms. The van der Waals surface area contributed by atoms with E-state index in [-0.39, 0.29) is 0 Å². The second-order valence-electron chi connectivity index (χ2n) is 3.29. The topological polar surface area (TPSA) is 42.2 Å². The normalized spacial score (nSPS) is 16.3.